The highest BCUT2D eigenvalue weighted by Gasteiger charge is 2.10. The summed E-state index contributed by atoms with van der Waals surface area (Å²) in [6, 6.07) is 7.36. The third kappa shape index (κ3) is 3.08. The molecule has 1 aromatic heterocycles. The molecule has 1 amide bonds. The van der Waals surface area contributed by atoms with Crippen LogP contribution in [0.4, 0.5) is 5.69 Å². The minimum absolute atomic E-state index is 0.205. The van der Waals surface area contributed by atoms with Gasteiger partial charge in [0, 0.05) is 18.1 Å². The second kappa shape index (κ2) is 5.92. The fraction of sp³-hybridized carbons (Fsp3) is 0.200. The zero-order chi connectivity index (χ0) is 14.7. The second-order valence-corrected chi connectivity index (χ2v) is 4.92. The highest BCUT2D eigenvalue weighted by molar-refractivity contribution is 6.32. The second-order valence-electron chi connectivity index (χ2n) is 4.51. The smallest absolute Gasteiger partial charge is 0.248 e. The number of amides is 1. The van der Waals surface area contributed by atoms with E-state index in [9.17, 15) is 4.79 Å². The summed E-state index contributed by atoms with van der Waals surface area (Å²) >= 11 is 6.03. The van der Waals surface area contributed by atoms with Gasteiger partial charge in [-0.25, -0.2) is 0 Å². The number of carbonyl (C=O) groups excluding carboxylic acids is 1. The minimum atomic E-state index is -0.205. The highest BCUT2D eigenvalue weighted by Crippen LogP contribution is 2.19. The number of benzene rings is 1. The van der Waals surface area contributed by atoms with Crippen molar-refractivity contribution in [3.8, 4) is 0 Å². The van der Waals surface area contributed by atoms with Crippen LogP contribution in [0.1, 0.15) is 17.0 Å². The molecule has 0 atom stereocenters. The lowest BCUT2D eigenvalue weighted by Crippen LogP contribution is -2.09. The van der Waals surface area contributed by atoms with Crippen molar-refractivity contribution in [1.82, 2.24) is 9.78 Å². The molecule has 2 rings (SSSR count). The van der Waals surface area contributed by atoms with Crippen molar-refractivity contribution in [3.63, 3.8) is 0 Å². The molecule has 0 bridgehead atoms. The third-order valence-electron chi connectivity index (χ3n) is 3.08. The van der Waals surface area contributed by atoms with Crippen molar-refractivity contribution in [2.75, 3.05) is 5.32 Å². The molecule has 0 fully saturated rings. The van der Waals surface area contributed by atoms with Crippen LogP contribution in [0.3, 0.4) is 0 Å². The summed E-state index contributed by atoms with van der Waals surface area (Å²) in [6.07, 6.45) is 3.16. The number of hydrogen-bond acceptors (Lipinski definition) is 2. The predicted molar refractivity (Wildman–Crippen MR) is 81.8 cm³/mol. The molecule has 0 spiro atoms. The predicted octanol–water partition coefficient (Wildman–Crippen LogP) is 3.34. The van der Waals surface area contributed by atoms with E-state index in [1.54, 1.807) is 16.8 Å². The summed E-state index contributed by atoms with van der Waals surface area (Å²) in [5.74, 6) is -0.205. The average molecular weight is 290 g/mol. The molecule has 0 radical (unpaired) electrons. The van der Waals surface area contributed by atoms with E-state index in [2.05, 4.69) is 10.4 Å². The van der Waals surface area contributed by atoms with Crippen LogP contribution < -0.4 is 5.32 Å². The number of carbonyl (C=O) groups is 1. The maximum atomic E-state index is 11.9. The van der Waals surface area contributed by atoms with Crippen LogP contribution in [0.5, 0.6) is 0 Å². The van der Waals surface area contributed by atoms with Crippen molar-refractivity contribution in [1.29, 1.82) is 0 Å². The van der Waals surface area contributed by atoms with Gasteiger partial charge >= 0.3 is 0 Å². The van der Waals surface area contributed by atoms with Crippen molar-refractivity contribution >= 4 is 29.3 Å². The Hall–Kier alpha value is -2.07. The summed E-state index contributed by atoms with van der Waals surface area (Å²) in [4.78, 5) is 11.9. The quantitative estimate of drug-likeness (QED) is 0.881. The molecule has 0 aliphatic rings. The Balaban J connectivity index is 2.12. The first-order chi connectivity index (χ1) is 9.49. The van der Waals surface area contributed by atoms with Crippen molar-refractivity contribution in [3.05, 3.63) is 52.3 Å². The first kappa shape index (κ1) is 14.3. The Bertz CT molecular complexity index is 674. The van der Waals surface area contributed by atoms with Gasteiger partial charge < -0.3 is 5.32 Å². The molecule has 1 aromatic carbocycles. The van der Waals surface area contributed by atoms with E-state index in [0.717, 1.165) is 22.6 Å². The van der Waals surface area contributed by atoms with Gasteiger partial charge in [0.1, 0.15) is 0 Å². The van der Waals surface area contributed by atoms with Crippen molar-refractivity contribution in [2.24, 2.45) is 7.05 Å². The van der Waals surface area contributed by atoms with E-state index < -0.39 is 0 Å². The molecule has 0 aliphatic heterocycles. The Morgan fingerprint density at radius 2 is 2.05 bits per heavy atom. The van der Waals surface area contributed by atoms with E-state index in [4.69, 9.17) is 11.6 Å². The summed E-state index contributed by atoms with van der Waals surface area (Å²) in [5.41, 5.74) is 3.27. The average Bonchev–Trinajstić information content (AvgIpc) is 2.64. The molecule has 1 heterocycles. The van der Waals surface area contributed by atoms with E-state index in [0.29, 0.717) is 5.02 Å². The summed E-state index contributed by atoms with van der Waals surface area (Å²) in [7, 11) is 1.84. The van der Waals surface area contributed by atoms with Gasteiger partial charge in [-0.2, -0.15) is 5.10 Å². The number of hydrogen-bond donors (Lipinski definition) is 1. The third-order valence-corrected chi connectivity index (χ3v) is 3.42. The number of rotatable bonds is 3. The number of aromatic nitrogens is 2. The fourth-order valence-electron chi connectivity index (χ4n) is 1.90. The van der Waals surface area contributed by atoms with E-state index >= 15 is 0 Å². The van der Waals surface area contributed by atoms with Gasteiger partial charge in [-0.1, -0.05) is 29.8 Å². The lowest BCUT2D eigenvalue weighted by Gasteiger charge is -2.02. The Kier molecular flexibility index (Phi) is 4.25. The van der Waals surface area contributed by atoms with Gasteiger partial charge in [0.05, 0.1) is 17.1 Å². The van der Waals surface area contributed by atoms with Crippen LogP contribution >= 0.6 is 11.6 Å². The molecule has 1 N–H and O–H groups in total. The van der Waals surface area contributed by atoms with E-state index in [1.165, 1.54) is 6.08 Å². The Morgan fingerprint density at radius 1 is 1.35 bits per heavy atom. The van der Waals surface area contributed by atoms with Crippen LogP contribution in [-0.4, -0.2) is 15.7 Å². The number of nitrogens with one attached hydrogen (secondary N) is 1. The zero-order valence-corrected chi connectivity index (χ0v) is 12.4. The maximum absolute atomic E-state index is 11.9. The van der Waals surface area contributed by atoms with E-state index in [-0.39, 0.29) is 5.91 Å². The number of anilines is 1. The molecule has 2 aromatic rings. The Morgan fingerprint density at radius 3 is 2.65 bits per heavy atom. The normalized spacial score (nSPS) is 11.0. The van der Waals surface area contributed by atoms with Crippen LogP contribution in [0.15, 0.2) is 30.3 Å². The lowest BCUT2D eigenvalue weighted by molar-refractivity contribution is -0.111. The Labute approximate surface area is 123 Å². The van der Waals surface area contributed by atoms with Gasteiger partial charge in [-0.15, -0.1) is 0 Å². The van der Waals surface area contributed by atoms with Gasteiger partial charge in [-0.3, -0.25) is 9.48 Å². The van der Waals surface area contributed by atoms with Crippen LogP contribution in [0.25, 0.3) is 6.08 Å². The number of halogens is 1. The largest absolute Gasteiger partial charge is 0.319 e. The lowest BCUT2D eigenvalue weighted by atomic mass is 10.2. The van der Waals surface area contributed by atoms with Gasteiger partial charge in [0.25, 0.3) is 0 Å². The first-order valence-corrected chi connectivity index (χ1v) is 6.60. The topological polar surface area (TPSA) is 46.9 Å². The maximum Gasteiger partial charge on any atom is 0.248 e. The molecular formula is C15H16ClN3O. The van der Waals surface area contributed by atoms with Gasteiger partial charge in [-0.05, 0) is 31.6 Å². The summed E-state index contributed by atoms with van der Waals surface area (Å²) < 4.78 is 1.74. The molecule has 104 valence electrons. The monoisotopic (exact) mass is 289 g/mol. The first-order valence-electron chi connectivity index (χ1n) is 6.23. The van der Waals surface area contributed by atoms with Crippen LogP contribution in [0.2, 0.25) is 5.02 Å². The van der Waals surface area contributed by atoms with Gasteiger partial charge in [0.15, 0.2) is 0 Å². The summed E-state index contributed by atoms with van der Waals surface area (Å²) in [6.45, 7) is 3.77. The van der Waals surface area contributed by atoms with Crippen LogP contribution in [0, 0.1) is 13.8 Å². The standard InChI is InChI=1S/C15H16ClN3O/c1-10-15(11(2)19(3)18-10)17-14(20)9-8-12-6-4-5-7-13(12)16/h4-9H,1-3H3,(H,17,20)/b9-8+. The number of aryl methyl sites for hydroxylation is 2. The summed E-state index contributed by atoms with van der Waals surface area (Å²) in [5, 5.41) is 7.71. The van der Waals surface area contributed by atoms with E-state index in [1.807, 2.05) is 39.1 Å². The van der Waals surface area contributed by atoms with Crippen molar-refractivity contribution < 1.29 is 4.79 Å². The molecule has 0 unspecified atom stereocenters. The molecule has 0 saturated carbocycles. The highest BCUT2D eigenvalue weighted by atomic mass is 35.5. The minimum Gasteiger partial charge on any atom is -0.319 e. The van der Waals surface area contributed by atoms with Crippen LogP contribution in [-0.2, 0) is 11.8 Å². The fourth-order valence-corrected chi connectivity index (χ4v) is 2.09. The molecule has 5 heteroatoms. The van der Waals surface area contributed by atoms with Crippen molar-refractivity contribution in [2.45, 2.75) is 13.8 Å². The molecule has 4 nitrogen and oxygen atoms in total. The molecule has 0 aliphatic carbocycles. The SMILES string of the molecule is Cc1nn(C)c(C)c1NC(=O)/C=C/c1ccccc1Cl. The molecule has 0 saturated heterocycles. The molecular weight excluding hydrogens is 274 g/mol. The number of nitrogens with zero attached hydrogens (tertiary/aromatic N) is 2. The van der Waals surface area contributed by atoms with Gasteiger partial charge in [0.2, 0.25) is 5.91 Å². The molecule has 20 heavy (non-hydrogen) atoms. The zero-order valence-electron chi connectivity index (χ0n) is 11.6.